The lowest BCUT2D eigenvalue weighted by Crippen LogP contribution is -2.28. The van der Waals surface area contributed by atoms with E-state index in [-0.39, 0.29) is 11.8 Å². The first-order chi connectivity index (χ1) is 11.9. The van der Waals surface area contributed by atoms with Gasteiger partial charge in [-0.2, -0.15) is 0 Å². The van der Waals surface area contributed by atoms with Gasteiger partial charge in [-0.25, -0.2) is 0 Å². The van der Waals surface area contributed by atoms with Crippen molar-refractivity contribution in [2.75, 3.05) is 38.2 Å². The molecule has 2 amide bonds. The number of aromatic nitrogens is 1. The number of amides is 2. The van der Waals surface area contributed by atoms with Gasteiger partial charge in [0.25, 0.3) is 11.8 Å². The first kappa shape index (κ1) is 18.5. The maximum absolute atomic E-state index is 12.3. The highest BCUT2D eigenvalue weighted by Crippen LogP contribution is 2.15. The maximum Gasteiger partial charge on any atom is 0.267 e. The number of hydrogen-bond donors (Lipinski definition) is 3. The van der Waals surface area contributed by atoms with Crippen molar-refractivity contribution in [1.82, 2.24) is 14.8 Å². The number of anilines is 2. The predicted octanol–water partition coefficient (Wildman–Crippen LogP) is 1.54. The van der Waals surface area contributed by atoms with Crippen molar-refractivity contribution in [3.05, 3.63) is 47.8 Å². The van der Waals surface area contributed by atoms with Crippen LogP contribution in [0.3, 0.4) is 0 Å². The summed E-state index contributed by atoms with van der Waals surface area (Å²) in [4.78, 5) is 26.6. The fourth-order valence-corrected chi connectivity index (χ4v) is 2.43. The van der Waals surface area contributed by atoms with Gasteiger partial charge >= 0.3 is 0 Å². The molecule has 7 nitrogen and oxygen atoms in total. The number of carbonyl (C=O) groups excluding carboxylic acids is 2. The number of nitrogens with zero attached hydrogens (tertiary/aromatic N) is 2. The van der Waals surface area contributed by atoms with E-state index >= 15 is 0 Å². The first-order valence-corrected chi connectivity index (χ1v) is 8.13. The smallest absolute Gasteiger partial charge is 0.267 e. The number of carbonyl (C=O) groups is 2. The minimum absolute atomic E-state index is 0.161. The van der Waals surface area contributed by atoms with E-state index in [0.717, 1.165) is 13.0 Å². The second kappa shape index (κ2) is 8.34. The molecule has 0 saturated carbocycles. The summed E-state index contributed by atoms with van der Waals surface area (Å²) in [6.45, 7) is 1.52. The Kier molecular flexibility index (Phi) is 6.19. The van der Waals surface area contributed by atoms with Crippen LogP contribution in [0.2, 0.25) is 0 Å². The molecule has 2 rings (SSSR count). The molecule has 1 aromatic carbocycles. The summed E-state index contributed by atoms with van der Waals surface area (Å²) < 4.78 is 1.69. The third-order valence-electron chi connectivity index (χ3n) is 3.71. The zero-order chi connectivity index (χ0) is 18.4. The summed E-state index contributed by atoms with van der Waals surface area (Å²) in [5.74, 6) is -0.429. The minimum atomic E-state index is -0.268. The molecule has 0 bridgehead atoms. The Balaban J connectivity index is 1.97. The molecular formula is C18H25N5O2. The summed E-state index contributed by atoms with van der Waals surface area (Å²) in [6, 6.07) is 8.40. The van der Waals surface area contributed by atoms with E-state index in [0.29, 0.717) is 29.2 Å². The molecule has 0 aliphatic rings. The average molecular weight is 343 g/mol. The summed E-state index contributed by atoms with van der Waals surface area (Å²) in [5.41, 5.74) is 7.75. The molecule has 2 aromatic rings. The highest BCUT2D eigenvalue weighted by Gasteiger charge is 2.13. The number of rotatable bonds is 7. The van der Waals surface area contributed by atoms with Crippen molar-refractivity contribution in [2.45, 2.75) is 6.42 Å². The average Bonchev–Trinajstić information content (AvgIpc) is 2.91. The van der Waals surface area contributed by atoms with Crippen LogP contribution in [0.15, 0.2) is 36.5 Å². The fourth-order valence-electron chi connectivity index (χ4n) is 2.43. The quantitative estimate of drug-likeness (QED) is 0.525. The van der Waals surface area contributed by atoms with Crippen LogP contribution in [-0.2, 0) is 7.05 Å². The minimum Gasteiger partial charge on any atom is -0.399 e. The molecule has 134 valence electrons. The van der Waals surface area contributed by atoms with Crippen LogP contribution in [0.25, 0.3) is 0 Å². The monoisotopic (exact) mass is 343 g/mol. The van der Waals surface area contributed by atoms with Crippen molar-refractivity contribution < 1.29 is 9.59 Å². The Labute approximate surface area is 147 Å². The normalized spacial score (nSPS) is 10.7. The summed E-state index contributed by atoms with van der Waals surface area (Å²) in [7, 11) is 5.76. The number of nitrogen functional groups attached to an aromatic ring is 1. The fraction of sp³-hybridized carbons (Fsp3) is 0.333. The first-order valence-electron chi connectivity index (χ1n) is 8.13. The Morgan fingerprint density at radius 3 is 2.64 bits per heavy atom. The molecule has 25 heavy (non-hydrogen) atoms. The molecule has 0 fully saturated rings. The molecule has 1 heterocycles. The van der Waals surface area contributed by atoms with E-state index < -0.39 is 0 Å². The Hall–Kier alpha value is -2.80. The number of benzene rings is 1. The van der Waals surface area contributed by atoms with Crippen LogP contribution >= 0.6 is 0 Å². The number of nitrogens with two attached hydrogens (primary N) is 1. The predicted molar refractivity (Wildman–Crippen MR) is 99.7 cm³/mol. The molecule has 0 atom stereocenters. The second-order valence-electron chi connectivity index (χ2n) is 6.22. The van der Waals surface area contributed by atoms with Crippen molar-refractivity contribution in [2.24, 2.45) is 7.05 Å². The largest absolute Gasteiger partial charge is 0.399 e. The molecule has 0 aliphatic carbocycles. The van der Waals surface area contributed by atoms with Gasteiger partial charge in [0, 0.05) is 31.0 Å². The number of nitrogens with one attached hydrogen (secondary N) is 2. The van der Waals surface area contributed by atoms with Crippen molar-refractivity contribution in [1.29, 1.82) is 0 Å². The zero-order valence-corrected chi connectivity index (χ0v) is 14.9. The number of hydrogen-bond acceptors (Lipinski definition) is 4. The molecular weight excluding hydrogens is 318 g/mol. The third kappa shape index (κ3) is 5.36. The standard InChI is InChI=1S/C18H25N5O2/c1-22(2)9-5-8-20-18(25)16-11-15(12-23(16)3)21-17(24)13-6-4-7-14(19)10-13/h4,6-7,10-12H,5,8-9,19H2,1-3H3,(H,20,25)(H,21,24). The molecule has 0 radical (unpaired) electrons. The van der Waals surface area contributed by atoms with E-state index in [1.54, 1.807) is 48.1 Å². The van der Waals surface area contributed by atoms with Crippen LogP contribution in [-0.4, -0.2) is 48.5 Å². The van der Waals surface area contributed by atoms with Crippen molar-refractivity contribution >= 4 is 23.2 Å². The Morgan fingerprint density at radius 2 is 1.96 bits per heavy atom. The molecule has 0 aliphatic heterocycles. The van der Waals surface area contributed by atoms with E-state index in [2.05, 4.69) is 15.5 Å². The van der Waals surface area contributed by atoms with Crippen LogP contribution < -0.4 is 16.4 Å². The van der Waals surface area contributed by atoms with Crippen molar-refractivity contribution in [3.8, 4) is 0 Å². The van der Waals surface area contributed by atoms with Crippen LogP contribution in [0.5, 0.6) is 0 Å². The summed E-state index contributed by atoms with van der Waals surface area (Å²) in [6.07, 6.45) is 2.58. The van der Waals surface area contributed by atoms with Crippen LogP contribution in [0, 0.1) is 0 Å². The van der Waals surface area contributed by atoms with E-state index in [1.807, 2.05) is 14.1 Å². The molecule has 0 spiro atoms. The van der Waals surface area contributed by atoms with E-state index in [4.69, 9.17) is 5.73 Å². The van der Waals surface area contributed by atoms with Gasteiger partial charge in [0.15, 0.2) is 0 Å². The summed E-state index contributed by atoms with van der Waals surface area (Å²) in [5, 5.41) is 5.67. The van der Waals surface area contributed by atoms with E-state index in [1.165, 1.54) is 0 Å². The lowest BCUT2D eigenvalue weighted by Gasteiger charge is -2.10. The molecule has 0 unspecified atom stereocenters. The second-order valence-corrected chi connectivity index (χ2v) is 6.22. The topological polar surface area (TPSA) is 92.4 Å². The van der Waals surface area contributed by atoms with Gasteiger partial charge in [0.2, 0.25) is 0 Å². The lowest BCUT2D eigenvalue weighted by atomic mass is 10.2. The van der Waals surface area contributed by atoms with Crippen LogP contribution in [0.1, 0.15) is 27.3 Å². The number of aryl methyl sites for hydroxylation is 1. The van der Waals surface area contributed by atoms with Crippen LogP contribution in [0.4, 0.5) is 11.4 Å². The maximum atomic E-state index is 12.3. The van der Waals surface area contributed by atoms with Gasteiger partial charge in [-0.05, 0) is 51.3 Å². The van der Waals surface area contributed by atoms with Gasteiger partial charge in [0.05, 0.1) is 5.69 Å². The Bertz CT molecular complexity index is 752. The zero-order valence-electron chi connectivity index (χ0n) is 14.9. The molecule has 1 aromatic heterocycles. The van der Waals surface area contributed by atoms with Crippen molar-refractivity contribution in [3.63, 3.8) is 0 Å². The Morgan fingerprint density at radius 1 is 1.20 bits per heavy atom. The SMILES string of the molecule is CN(C)CCCNC(=O)c1cc(NC(=O)c2cccc(N)c2)cn1C. The van der Waals surface area contributed by atoms with Gasteiger partial charge in [-0.1, -0.05) is 6.07 Å². The third-order valence-corrected chi connectivity index (χ3v) is 3.71. The summed E-state index contributed by atoms with van der Waals surface area (Å²) >= 11 is 0. The van der Waals surface area contributed by atoms with Gasteiger partial charge in [0.1, 0.15) is 5.69 Å². The highest BCUT2D eigenvalue weighted by molar-refractivity contribution is 6.05. The molecule has 4 N–H and O–H groups in total. The van der Waals surface area contributed by atoms with Gasteiger partial charge in [-0.15, -0.1) is 0 Å². The molecule has 7 heteroatoms. The van der Waals surface area contributed by atoms with E-state index in [9.17, 15) is 9.59 Å². The lowest BCUT2D eigenvalue weighted by molar-refractivity contribution is 0.0943. The molecule has 0 saturated heterocycles. The highest BCUT2D eigenvalue weighted by atomic mass is 16.2. The van der Waals surface area contributed by atoms with Gasteiger partial charge < -0.3 is 25.8 Å². The van der Waals surface area contributed by atoms with Gasteiger partial charge in [-0.3, -0.25) is 9.59 Å².